The van der Waals surface area contributed by atoms with E-state index < -0.39 is 17.8 Å². The van der Waals surface area contributed by atoms with Crippen LogP contribution in [0.2, 0.25) is 0 Å². The van der Waals surface area contributed by atoms with Gasteiger partial charge in [0.2, 0.25) is 5.91 Å². The number of nitrogens with one attached hydrogen (secondary N) is 1. The molecule has 4 nitrogen and oxygen atoms in total. The highest BCUT2D eigenvalue weighted by atomic mass is 16.4. The lowest BCUT2D eigenvalue weighted by molar-refractivity contribution is -0.147. The molecule has 2 fully saturated rings. The van der Waals surface area contributed by atoms with Crippen LogP contribution in [-0.2, 0) is 9.59 Å². The molecule has 1 amide bonds. The SMILES string of the molecule is CC1(C)C(NC(=O)C2C3C=CC(C3)C2C(=O)O)C1(C)C. The lowest BCUT2D eigenvalue weighted by Crippen LogP contribution is -2.42. The van der Waals surface area contributed by atoms with Crippen molar-refractivity contribution in [3.05, 3.63) is 12.2 Å². The molecule has 0 heterocycles. The molecular formula is C16H23NO3. The molecule has 2 N–H and O–H groups in total. The first-order chi connectivity index (χ1) is 9.18. The summed E-state index contributed by atoms with van der Waals surface area (Å²) in [5, 5.41) is 12.5. The van der Waals surface area contributed by atoms with Crippen LogP contribution in [0.4, 0.5) is 0 Å². The molecule has 0 aromatic heterocycles. The van der Waals surface area contributed by atoms with Crippen LogP contribution in [0.5, 0.6) is 0 Å². The second-order valence-electron chi connectivity index (χ2n) is 7.72. The fourth-order valence-corrected chi connectivity index (χ4v) is 4.31. The molecule has 0 saturated heterocycles. The van der Waals surface area contributed by atoms with Gasteiger partial charge in [-0.25, -0.2) is 0 Å². The monoisotopic (exact) mass is 277 g/mol. The van der Waals surface area contributed by atoms with Gasteiger partial charge in [0.1, 0.15) is 0 Å². The number of carbonyl (C=O) groups is 2. The third kappa shape index (κ3) is 1.60. The molecule has 3 rings (SSSR count). The Bertz CT molecular complexity index is 492. The molecule has 0 aromatic rings. The van der Waals surface area contributed by atoms with E-state index in [4.69, 9.17) is 0 Å². The van der Waals surface area contributed by atoms with E-state index in [0.29, 0.717) is 0 Å². The van der Waals surface area contributed by atoms with Crippen LogP contribution in [0.25, 0.3) is 0 Å². The highest BCUT2D eigenvalue weighted by Crippen LogP contribution is 2.63. The summed E-state index contributed by atoms with van der Waals surface area (Å²) in [6.45, 7) is 8.58. The summed E-state index contributed by atoms with van der Waals surface area (Å²) < 4.78 is 0. The van der Waals surface area contributed by atoms with E-state index in [0.717, 1.165) is 6.42 Å². The quantitative estimate of drug-likeness (QED) is 0.776. The molecule has 20 heavy (non-hydrogen) atoms. The van der Waals surface area contributed by atoms with E-state index >= 15 is 0 Å². The zero-order valence-corrected chi connectivity index (χ0v) is 12.5. The summed E-state index contributed by atoms with van der Waals surface area (Å²) in [6, 6.07) is 0.139. The molecule has 0 aliphatic heterocycles. The van der Waals surface area contributed by atoms with E-state index in [1.807, 2.05) is 12.2 Å². The molecule has 4 atom stereocenters. The fourth-order valence-electron chi connectivity index (χ4n) is 4.31. The van der Waals surface area contributed by atoms with Gasteiger partial charge < -0.3 is 10.4 Å². The van der Waals surface area contributed by atoms with Gasteiger partial charge in [-0.3, -0.25) is 9.59 Å². The fraction of sp³-hybridized carbons (Fsp3) is 0.750. The molecule has 0 radical (unpaired) electrons. The van der Waals surface area contributed by atoms with Crippen LogP contribution in [0, 0.1) is 34.5 Å². The lowest BCUT2D eigenvalue weighted by Gasteiger charge is -2.24. The Balaban J connectivity index is 1.75. The number of amides is 1. The first kappa shape index (κ1) is 13.7. The summed E-state index contributed by atoms with van der Waals surface area (Å²) >= 11 is 0. The van der Waals surface area contributed by atoms with Crippen LogP contribution >= 0.6 is 0 Å². The summed E-state index contributed by atoms with van der Waals surface area (Å²) in [4.78, 5) is 24.0. The Hall–Kier alpha value is -1.32. The maximum atomic E-state index is 12.6. The van der Waals surface area contributed by atoms with Gasteiger partial charge in [-0.1, -0.05) is 39.8 Å². The van der Waals surface area contributed by atoms with Crippen molar-refractivity contribution in [2.45, 2.75) is 40.2 Å². The maximum absolute atomic E-state index is 12.6. The Morgan fingerprint density at radius 3 is 2.00 bits per heavy atom. The molecule has 4 unspecified atom stereocenters. The van der Waals surface area contributed by atoms with Crippen molar-refractivity contribution in [3.63, 3.8) is 0 Å². The van der Waals surface area contributed by atoms with Crippen molar-refractivity contribution in [3.8, 4) is 0 Å². The van der Waals surface area contributed by atoms with Crippen molar-refractivity contribution in [1.82, 2.24) is 5.32 Å². The van der Waals surface area contributed by atoms with Gasteiger partial charge in [0.15, 0.2) is 0 Å². The standard InChI is InChI=1S/C16H23NO3/c1-15(2)14(16(15,3)4)17-12(18)10-8-5-6-9(7-8)11(10)13(19)20/h5-6,8-11,14H,7H2,1-4H3,(H,17,18)(H,19,20). The molecule has 2 bridgehead atoms. The molecular weight excluding hydrogens is 254 g/mol. The van der Waals surface area contributed by atoms with Crippen LogP contribution in [0.1, 0.15) is 34.1 Å². The predicted octanol–water partition coefficient (Wildman–Crippen LogP) is 2.06. The number of carboxylic acids is 1. The van der Waals surface area contributed by atoms with Crippen LogP contribution in [0.15, 0.2) is 12.2 Å². The third-order valence-electron chi connectivity index (χ3n) is 6.35. The predicted molar refractivity (Wildman–Crippen MR) is 74.8 cm³/mol. The summed E-state index contributed by atoms with van der Waals surface area (Å²) in [6.07, 6.45) is 4.81. The Morgan fingerprint density at radius 2 is 1.55 bits per heavy atom. The van der Waals surface area contributed by atoms with E-state index in [-0.39, 0.29) is 34.6 Å². The smallest absolute Gasteiger partial charge is 0.307 e. The molecule has 3 aliphatic carbocycles. The number of hydrogen-bond acceptors (Lipinski definition) is 2. The first-order valence-electron chi connectivity index (χ1n) is 7.39. The second-order valence-corrected chi connectivity index (χ2v) is 7.72. The van der Waals surface area contributed by atoms with Crippen LogP contribution in [-0.4, -0.2) is 23.0 Å². The minimum atomic E-state index is -0.837. The normalized spacial score (nSPS) is 39.8. The lowest BCUT2D eigenvalue weighted by atomic mass is 9.82. The zero-order chi connectivity index (χ0) is 14.9. The molecule has 0 aromatic carbocycles. The molecule has 4 heteroatoms. The Kier molecular flexibility index (Phi) is 2.64. The highest BCUT2D eigenvalue weighted by molar-refractivity contribution is 5.87. The summed E-state index contributed by atoms with van der Waals surface area (Å²) in [7, 11) is 0. The molecule has 3 aliphatic rings. The van der Waals surface area contributed by atoms with Crippen molar-refractivity contribution in [2.24, 2.45) is 34.5 Å². The second kappa shape index (κ2) is 3.86. The van der Waals surface area contributed by atoms with Gasteiger partial charge in [0.05, 0.1) is 11.8 Å². The van der Waals surface area contributed by atoms with Gasteiger partial charge in [0.25, 0.3) is 0 Å². The van der Waals surface area contributed by atoms with Crippen molar-refractivity contribution in [2.75, 3.05) is 0 Å². The number of carboxylic acid groups (broad SMARTS) is 1. The molecule has 110 valence electrons. The van der Waals surface area contributed by atoms with E-state index in [1.165, 1.54) is 0 Å². The van der Waals surface area contributed by atoms with E-state index in [1.54, 1.807) is 0 Å². The topological polar surface area (TPSA) is 66.4 Å². The van der Waals surface area contributed by atoms with Crippen molar-refractivity contribution in [1.29, 1.82) is 0 Å². The number of carbonyl (C=O) groups excluding carboxylic acids is 1. The zero-order valence-electron chi connectivity index (χ0n) is 12.5. The summed E-state index contributed by atoms with van der Waals surface area (Å²) in [5.74, 6) is -1.71. The molecule has 0 spiro atoms. The van der Waals surface area contributed by atoms with Crippen molar-refractivity contribution >= 4 is 11.9 Å². The number of fused-ring (bicyclic) bond motifs is 2. The average molecular weight is 277 g/mol. The third-order valence-corrected chi connectivity index (χ3v) is 6.35. The first-order valence-corrected chi connectivity index (χ1v) is 7.39. The summed E-state index contributed by atoms with van der Waals surface area (Å²) in [5.41, 5.74) is 0.156. The van der Waals surface area contributed by atoms with Gasteiger partial charge in [-0.2, -0.15) is 0 Å². The number of allylic oxidation sites excluding steroid dienone is 2. The van der Waals surface area contributed by atoms with Gasteiger partial charge in [-0.15, -0.1) is 0 Å². The van der Waals surface area contributed by atoms with Crippen LogP contribution < -0.4 is 5.32 Å². The van der Waals surface area contributed by atoms with E-state index in [2.05, 4.69) is 33.0 Å². The van der Waals surface area contributed by atoms with Crippen molar-refractivity contribution < 1.29 is 14.7 Å². The number of aliphatic carboxylic acids is 1. The van der Waals surface area contributed by atoms with Gasteiger partial charge in [0, 0.05) is 6.04 Å². The highest BCUT2D eigenvalue weighted by Gasteiger charge is 2.66. The van der Waals surface area contributed by atoms with Gasteiger partial charge >= 0.3 is 5.97 Å². The van der Waals surface area contributed by atoms with Gasteiger partial charge in [-0.05, 0) is 29.1 Å². The maximum Gasteiger partial charge on any atom is 0.307 e. The van der Waals surface area contributed by atoms with Crippen LogP contribution in [0.3, 0.4) is 0 Å². The average Bonchev–Trinajstić information content (AvgIpc) is 2.82. The number of hydrogen-bond donors (Lipinski definition) is 2. The number of rotatable bonds is 3. The minimum Gasteiger partial charge on any atom is -0.481 e. The Morgan fingerprint density at radius 1 is 1.05 bits per heavy atom. The Labute approximate surface area is 119 Å². The minimum absolute atomic E-state index is 0.0356. The van der Waals surface area contributed by atoms with E-state index in [9.17, 15) is 14.7 Å². The largest absolute Gasteiger partial charge is 0.481 e. The molecule has 2 saturated carbocycles.